The van der Waals surface area contributed by atoms with Gasteiger partial charge in [0.25, 0.3) is 0 Å². The second kappa shape index (κ2) is 3.45. The summed E-state index contributed by atoms with van der Waals surface area (Å²) in [6.45, 7) is 0. The number of fused-ring (bicyclic) bond motifs is 3. The van der Waals surface area contributed by atoms with Crippen molar-refractivity contribution in [2.45, 2.75) is 0 Å². The van der Waals surface area contributed by atoms with E-state index in [1.54, 1.807) is 6.07 Å². The van der Waals surface area contributed by atoms with E-state index in [1.807, 2.05) is 18.2 Å². The average molecular weight is 254 g/mol. The minimum atomic E-state index is -0.455. The Hall–Kier alpha value is -3.10. The molecular formula is C10H6N8O. The molecule has 1 aromatic carbocycles. The fraction of sp³-hybridized carbons (Fsp3) is 0. The smallest absolute Gasteiger partial charge is 0.319 e. The zero-order valence-corrected chi connectivity index (χ0v) is 9.40. The molecule has 0 aliphatic carbocycles. The minimum absolute atomic E-state index is 0.354. The number of rotatable bonds is 1. The van der Waals surface area contributed by atoms with Gasteiger partial charge in [0.2, 0.25) is 5.82 Å². The molecule has 19 heavy (non-hydrogen) atoms. The van der Waals surface area contributed by atoms with E-state index in [9.17, 15) is 4.79 Å². The third-order valence-corrected chi connectivity index (χ3v) is 2.77. The van der Waals surface area contributed by atoms with Crippen molar-refractivity contribution in [1.82, 2.24) is 40.2 Å². The van der Waals surface area contributed by atoms with Crippen LogP contribution in [0.1, 0.15) is 0 Å². The standard InChI is InChI=1S/C10H6N8O/c19-10-11-6-4-2-1-3-5(6)9-12-7(15-18(9)10)8-13-16-17-14-8/h1-4H,(H,12,15)(H,13,14,16,17). The monoisotopic (exact) mass is 254 g/mol. The zero-order valence-electron chi connectivity index (χ0n) is 9.40. The highest BCUT2D eigenvalue weighted by atomic mass is 16.1. The molecule has 0 saturated heterocycles. The highest BCUT2D eigenvalue weighted by molar-refractivity contribution is 5.91. The van der Waals surface area contributed by atoms with Gasteiger partial charge in [0, 0.05) is 5.39 Å². The number of aromatic amines is 2. The minimum Gasteiger partial charge on any atom is -0.319 e. The molecule has 2 N–H and O–H groups in total. The van der Waals surface area contributed by atoms with Crippen LogP contribution in [-0.4, -0.2) is 40.2 Å². The van der Waals surface area contributed by atoms with Crippen LogP contribution in [0.5, 0.6) is 0 Å². The Morgan fingerprint density at radius 1 is 1.16 bits per heavy atom. The van der Waals surface area contributed by atoms with E-state index in [1.165, 1.54) is 4.52 Å². The van der Waals surface area contributed by atoms with Crippen LogP contribution in [0.4, 0.5) is 0 Å². The van der Waals surface area contributed by atoms with Gasteiger partial charge in [-0.15, -0.1) is 10.2 Å². The molecule has 3 aromatic heterocycles. The molecule has 0 aliphatic heterocycles. The molecule has 0 fully saturated rings. The molecule has 0 atom stereocenters. The summed E-state index contributed by atoms with van der Waals surface area (Å²) in [5.74, 6) is 0.729. The van der Waals surface area contributed by atoms with E-state index in [4.69, 9.17) is 0 Å². The molecule has 9 nitrogen and oxygen atoms in total. The summed E-state index contributed by atoms with van der Waals surface area (Å²) in [5.41, 5.74) is 0.712. The molecule has 0 radical (unpaired) electrons. The van der Waals surface area contributed by atoms with E-state index in [2.05, 4.69) is 35.7 Å². The van der Waals surface area contributed by atoms with Crippen molar-refractivity contribution in [3.8, 4) is 11.6 Å². The van der Waals surface area contributed by atoms with Crippen molar-refractivity contribution in [2.24, 2.45) is 0 Å². The van der Waals surface area contributed by atoms with Crippen molar-refractivity contribution in [3.05, 3.63) is 34.7 Å². The molecule has 0 spiro atoms. The number of benzene rings is 1. The van der Waals surface area contributed by atoms with E-state index < -0.39 is 5.69 Å². The van der Waals surface area contributed by atoms with Crippen molar-refractivity contribution in [3.63, 3.8) is 0 Å². The van der Waals surface area contributed by atoms with Gasteiger partial charge < -0.3 is 4.98 Å². The lowest BCUT2D eigenvalue weighted by Gasteiger charge is -1.96. The molecule has 0 unspecified atom stereocenters. The third kappa shape index (κ3) is 1.35. The number of nitrogens with one attached hydrogen (secondary N) is 2. The van der Waals surface area contributed by atoms with Crippen LogP contribution in [0.15, 0.2) is 29.1 Å². The van der Waals surface area contributed by atoms with Gasteiger partial charge in [0.05, 0.1) is 5.52 Å². The van der Waals surface area contributed by atoms with Crippen LogP contribution < -0.4 is 5.69 Å². The normalized spacial score (nSPS) is 11.4. The number of H-pyrrole nitrogens is 2. The third-order valence-electron chi connectivity index (χ3n) is 2.77. The van der Waals surface area contributed by atoms with Gasteiger partial charge in [0.15, 0.2) is 5.82 Å². The van der Waals surface area contributed by atoms with Gasteiger partial charge in [-0.2, -0.15) is 9.50 Å². The average Bonchev–Trinajstić information content (AvgIpc) is 3.08. The summed E-state index contributed by atoms with van der Waals surface area (Å²) in [6, 6.07) is 7.32. The van der Waals surface area contributed by atoms with Crippen LogP contribution in [0.3, 0.4) is 0 Å². The second-order valence-corrected chi connectivity index (χ2v) is 3.90. The first-order chi connectivity index (χ1) is 9.33. The van der Waals surface area contributed by atoms with Crippen LogP contribution in [0.2, 0.25) is 0 Å². The summed E-state index contributed by atoms with van der Waals surface area (Å²) in [4.78, 5) is 18.9. The maximum atomic E-state index is 11.9. The Kier molecular flexibility index (Phi) is 1.79. The largest absolute Gasteiger partial charge is 0.370 e. The van der Waals surface area contributed by atoms with E-state index in [0.717, 1.165) is 5.39 Å². The highest BCUT2D eigenvalue weighted by Gasteiger charge is 2.12. The van der Waals surface area contributed by atoms with Gasteiger partial charge in [-0.05, 0) is 22.6 Å². The van der Waals surface area contributed by atoms with E-state index >= 15 is 0 Å². The van der Waals surface area contributed by atoms with Crippen LogP contribution in [0.25, 0.3) is 28.2 Å². The predicted molar refractivity (Wildman–Crippen MR) is 64.3 cm³/mol. The fourth-order valence-electron chi connectivity index (χ4n) is 1.95. The number of hydrogen-bond acceptors (Lipinski definition) is 6. The van der Waals surface area contributed by atoms with Crippen LogP contribution in [0, 0.1) is 0 Å². The SMILES string of the molecule is O=c1nc2ccccc2c2[nH]c(-c3nnn[nH]3)nn12. The first-order valence-electron chi connectivity index (χ1n) is 5.45. The summed E-state index contributed by atoms with van der Waals surface area (Å²) in [5, 5.41) is 18.2. The molecule has 4 rings (SSSR count). The number of nitrogens with zero attached hydrogens (tertiary/aromatic N) is 6. The summed E-state index contributed by atoms with van der Waals surface area (Å²) < 4.78 is 1.19. The molecular weight excluding hydrogens is 248 g/mol. The molecule has 0 saturated carbocycles. The maximum absolute atomic E-state index is 11.9. The number of para-hydroxylation sites is 1. The first-order valence-corrected chi connectivity index (χ1v) is 5.45. The van der Waals surface area contributed by atoms with E-state index in [-0.39, 0.29) is 0 Å². The fourth-order valence-corrected chi connectivity index (χ4v) is 1.95. The Bertz CT molecular complexity index is 935. The number of hydrogen-bond donors (Lipinski definition) is 2. The molecule has 0 bridgehead atoms. The quantitative estimate of drug-likeness (QED) is 0.483. The maximum Gasteiger partial charge on any atom is 0.370 e. The lowest BCUT2D eigenvalue weighted by atomic mass is 10.2. The Balaban J connectivity index is 2.16. The molecule has 92 valence electrons. The van der Waals surface area contributed by atoms with Gasteiger partial charge >= 0.3 is 5.69 Å². The summed E-state index contributed by atoms with van der Waals surface area (Å²) in [7, 11) is 0. The molecule has 4 aromatic rings. The van der Waals surface area contributed by atoms with Crippen molar-refractivity contribution >= 4 is 16.6 Å². The van der Waals surface area contributed by atoms with Gasteiger partial charge in [-0.25, -0.2) is 9.89 Å². The Morgan fingerprint density at radius 2 is 2.05 bits per heavy atom. The van der Waals surface area contributed by atoms with Crippen molar-refractivity contribution in [1.29, 1.82) is 0 Å². The number of aromatic nitrogens is 8. The topological polar surface area (TPSA) is 118 Å². The van der Waals surface area contributed by atoms with Gasteiger partial charge in [-0.3, -0.25) is 0 Å². The Labute approximate surface area is 104 Å². The second-order valence-electron chi connectivity index (χ2n) is 3.90. The summed E-state index contributed by atoms with van der Waals surface area (Å²) in [6.07, 6.45) is 0. The lowest BCUT2D eigenvalue weighted by Crippen LogP contribution is -2.17. The van der Waals surface area contributed by atoms with Gasteiger partial charge in [0.1, 0.15) is 5.65 Å². The Morgan fingerprint density at radius 3 is 2.89 bits per heavy atom. The lowest BCUT2D eigenvalue weighted by molar-refractivity contribution is 0.881. The summed E-state index contributed by atoms with van der Waals surface area (Å²) >= 11 is 0. The zero-order chi connectivity index (χ0) is 12.8. The predicted octanol–water partition coefficient (Wildman–Crippen LogP) is -0.249. The van der Waals surface area contributed by atoms with Crippen LogP contribution in [-0.2, 0) is 0 Å². The first kappa shape index (κ1) is 9.88. The van der Waals surface area contributed by atoms with E-state index in [0.29, 0.717) is 22.8 Å². The number of tetrazole rings is 1. The molecule has 0 aliphatic rings. The molecule has 3 heterocycles. The molecule has 0 amide bonds. The van der Waals surface area contributed by atoms with Crippen molar-refractivity contribution in [2.75, 3.05) is 0 Å². The molecule has 9 heteroatoms. The van der Waals surface area contributed by atoms with Gasteiger partial charge in [-0.1, -0.05) is 12.1 Å². The highest BCUT2D eigenvalue weighted by Crippen LogP contribution is 2.16. The van der Waals surface area contributed by atoms with Crippen molar-refractivity contribution < 1.29 is 0 Å². The van der Waals surface area contributed by atoms with Crippen LogP contribution >= 0.6 is 0 Å².